The summed E-state index contributed by atoms with van der Waals surface area (Å²) in [5.41, 5.74) is 1.61. The zero-order valence-corrected chi connectivity index (χ0v) is 15.2. The Hall–Kier alpha value is -2.64. The van der Waals surface area contributed by atoms with Crippen LogP contribution in [0.25, 0.3) is 6.08 Å². The van der Waals surface area contributed by atoms with E-state index in [9.17, 15) is 18.0 Å². The molecule has 1 heterocycles. The van der Waals surface area contributed by atoms with Crippen molar-refractivity contribution < 1.29 is 22.7 Å². The van der Waals surface area contributed by atoms with Crippen LogP contribution in [0.5, 0.6) is 0 Å². The number of carbonyl (C=O) groups is 1. The fourth-order valence-corrected chi connectivity index (χ4v) is 2.85. The van der Waals surface area contributed by atoms with Crippen molar-refractivity contribution >= 4 is 17.7 Å². The predicted molar refractivity (Wildman–Crippen MR) is 102 cm³/mol. The number of halogens is 3. The first-order valence-corrected chi connectivity index (χ1v) is 8.95. The normalized spacial score (nSPS) is 15.7. The van der Waals surface area contributed by atoms with Crippen molar-refractivity contribution in [1.29, 1.82) is 0 Å². The van der Waals surface area contributed by atoms with Crippen LogP contribution in [0.15, 0.2) is 54.6 Å². The number of morpholine rings is 1. The zero-order chi connectivity index (χ0) is 20.0. The summed E-state index contributed by atoms with van der Waals surface area (Å²) in [5.74, 6) is -0.346. The molecule has 28 heavy (non-hydrogen) atoms. The highest BCUT2D eigenvalue weighted by Crippen LogP contribution is 2.29. The SMILES string of the molecule is O=C(/C=C/c1ccc(C(F)(F)F)cc1)Nc1ccc(CN2CCOCC2)cc1. The van der Waals surface area contributed by atoms with E-state index in [1.807, 2.05) is 24.3 Å². The minimum absolute atomic E-state index is 0.346. The molecule has 1 amide bonds. The lowest BCUT2D eigenvalue weighted by atomic mass is 10.1. The maximum atomic E-state index is 12.5. The second-order valence-electron chi connectivity index (χ2n) is 6.53. The van der Waals surface area contributed by atoms with Crippen molar-refractivity contribution in [2.45, 2.75) is 12.7 Å². The van der Waals surface area contributed by atoms with Gasteiger partial charge in [-0.1, -0.05) is 24.3 Å². The molecule has 2 aromatic rings. The number of hydrogen-bond donors (Lipinski definition) is 1. The van der Waals surface area contributed by atoms with Crippen LogP contribution in [0.2, 0.25) is 0 Å². The average molecular weight is 390 g/mol. The first-order valence-electron chi connectivity index (χ1n) is 8.95. The third-order valence-corrected chi connectivity index (χ3v) is 4.40. The summed E-state index contributed by atoms with van der Waals surface area (Å²) in [6.45, 7) is 4.16. The minimum Gasteiger partial charge on any atom is -0.379 e. The molecule has 1 aliphatic rings. The number of anilines is 1. The number of hydrogen-bond acceptors (Lipinski definition) is 3. The zero-order valence-electron chi connectivity index (χ0n) is 15.2. The third-order valence-electron chi connectivity index (χ3n) is 4.40. The van der Waals surface area contributed by atoms with Gasteiger partial charge in [0.05, 0.1) is 18.8 Å². The Kier molecular flexibility index (Phi) is 6.49. The number of benzene rings is 2. The monoisotopic (exact) mass is 390 g/mol. The van der Waals surface area contributed by atoms with E-state index in [1.165, 1.54) is 24.3 Å². The lowest BCUT2D eigenvalue weighted by Gasteiger charge is -2.26. The fourth-order valence-electron chi connectivity index (χ4n) is 2.85. The Morgan fingerprint density at radius 1 is 1.04 bits per heavy atom. The topological polar surface area (TPSA) is 41.6 Å². The Labute approximate surface area is 161 Å². The smallest absolute Gasteiger partial charge is 0.379 e. The van der Waals surface area contributed by atoms with Gasteiger partial charge in [0.15, 0.2) is 0 Å². The molecule has 1 saturated heterocycles. The summed E-state index contributed by atoms with van der Waals surface area (Å²) in [5, 5.41) is 2.74. The number of nitrogens with one attached hydrogen (secondary N) is 1. The molecule has 0 spiro atoms. The second kappa shape index (κ2) is 9.03. The fraction of sp³-hybridized carbons (Fsp3) is 0.286. The van der Waals surface area contributed by atoms with E-state index in [0.717, 1.165) is 50.5 Å². The van der Waals surface area contributed by atoms with Gasteiger partial charge in [-0.3, -0.25) is 9.69 Å². The van der Waals surface area contributed by atoms with E-state index >= 15 is 0 Å². The predicted octanol–water partition coefficient (Wildman–Crippen LogP) is 4.19. The van der Waals surface area contributed by atoms with E-state index in [-0.39, 0.29) is 5.91 Å². The van der Waals surface area contributed by atoms with Crippen molar-refractivity contribution in [3.05, 3.63) is 71.3 Å². The number of carbonyl (C=O) groups excluding carboxylic acids is 1. The summed E-state index contributed by atoms with van der Waals surface area (Å²) in [4.78, 5) is 14.3. The maximum absolute atomic E-state index is 12.5. The molecule has 0 unspecified atom stereocenters. The Morgan fingerprint density at radius 3 is 2.29 bits per heavy atom. The van der Waals surface area contributed by atoms with Gasteiger partial charge in [0.2, 0.25) is 5.91 Å². The van der Waals surface area contributed by atoms with E-state index in [1.54, 1.807) is 0 Å². The van der Waals surface area contributed by atoms with E-state index < -0.39 is 11.7 Å². The van der Waals surface area contributed by atoms with Crippen molar-refractivity contribution in [1.82, 2.24) is 4.90 Å². The van der Waals surface area contributed by atoms with E-state index in [4.69, 9.17) is 4.74 Å². The van der Waals surface area contributed by atoms with Crippen molar-refractivity contribution in [3.63, 3.8) is 0 Å². The highest BCUT2D eigenvalue weighted by atomic mass is 19.4. The first-order chi connectivity index (χ1) is 13.4. The van der Waals surface area contributed by atoms with Crippen LogP contribution in [0.3, 0.4) is 0 Å². The summed E-state index contributed by atoms with van der Waals surface area (Å²) < 4.78 is 43.0. The lowest BCUT2D eigenvalue weighted by molar-refractivity contribution is -0.137. The number of rotatable bonds is 5. The molecule has 0 radical (unpaired) electrons. The number of amides is 1. The Morgan fingerprint density at radius 2 is 1.68 bits per heavy atom. The van der Waals surface area contributed by atoms with Crippen molar-refractivity contribution in [2.75, 3.05) is 31.6 Å². The molecule has 148 valence electrons. The quantitative estimate of drug-likeness (QED) is 0.779. The van der Waals surface area contributed by atoms with Crippen molar-refractivity contribution in [2.24, 2.45) is 0 Å². The number of ether oxygens (including phenoxy) is 1. The van der Waals surface area contributed by atoms with Crippen LogP contribution in [0.1, 0.15) is 16.7 Å². The van der Waals surface area contributed by atoms with Gasteiger partial charge in [0.1, 0.15) is 0 Å². The molecule has 7 heteroatoms. The molecule has 1 N–H and O–H groups in total. The van der Waals surface area contributed by atoms with Gasteiger partial charge in [0, 0.05) is 31.4 Å². The maximum Gasteiger partial charge on any atom is 0.416 e. The molecule has 0 bridgehead atoms. The molecular formula is C21H21F3N2O2. The first kappa shape index (κ1) is 20.1. The van der Waals surface area contributed by atoms with E-state index in [2.05, 4.69) is 10.2 Å². The molecule has 0 atom stereocenters. The van der Waals surface area contributed by atoms with Gasteiger partial charge in [-0.15, -0.1) is 0 Å². The van der Waals surface area contributed by atoms with Gasteiger partial charge in [-0.25, -0.2) is 0 Å². The third kappa shape index (κ3) is 5.94. The summed E-state index contributed by atoms with van der Waals surface area (Å²) in [6, 6.07) is 12.2. The largest absolute Gasteiger partial charge is 0.416 e. The van der Waals surface area contributed by atoms with Crippen LogP contribution >= 0.6 is 0 Å². The molecule has 3 rings (SSSR count). The van der Waals surface area contributed by atoms with Crippen LogP contribution in [0, 0.1) is 0 Å². The molecule has 0 aliphatic carbocycles. The second-order valence-corrected chi connectivity index (χ2v) is 6.53. The Balaban J connectivity index is 1.52. The summed E-state index contributed by atoms with van der Waals surface area (Å²) >= 11 is 0. The standard InChI is InChI=1S/C21H21F3N2O2/c22-21(23,24)18-6-1-16(2-7-18)5-10-20(27)25-19-8-3-17(4-9-19)15-26-11-13-28-14-12-26/h1-10H,11-15H2,(H,25,27)/b10-5+. The summed E-state index contributed by atoms with van der Waals surface area (Å²) in [7, 11) is 0. The van der Waals surface area contributed by atoms with Gasteiger partial charge >= 0.3 is 6.18 Å². The highest BCUT2D eigenvalue weighted by Gasteiger charge is 2.29. The van der Waals surface area contributed by atoms with Gasteiger partial charge in [0.25, 0.3) is 0 Å². The minimum atomic E-state index is -4.37. The van der Waals surface area contributed by atoms with Gasteiger partial charge in [-0.2, -0.15) is 13.2 Å². The molecule has 1 aliphatic heterocycles. The Bertz CT molecular complexity index is 809. The summed E-state index contributed by atoms with van der Waals surface area (Å²) in [6.07, 6.45) is -1.60. The van der Waals surface area contributed by atoms with E-state index in [0.29, 0.717) is 11.3 Å². The van der Waals surface area contributed by atoms with Crippen LogP contribution < -0.4 is 5.32 Å². The molecular weight excluding hydrogens is 369 g/mol. The number of alkyl halides is 3. The molecule has 4 nitrogen and oxygen atoms in total. The van der Waals surface area contributed by atoms with Crippen LogP contribution in [-0.2, 0) is 22.3 Å². The number of nitrogens with zero attached hydrogens (tertiary/aromatic N) is 1. The highest BCUT2D eigenvalue weighted by molar-refractivity contribution is 6.01. The molecule has 2 aromatic carbocycles. The average Bonchev–Trinajstić information content (AvgIpc) is 2.68. The molecule has 1 fully saturated rings. The van der Waals surface area contributed by atoms with Crippen LogP contribution in [0.4, 0.5) is 18.9 Å². The van der Waals surface area contributed by atoms with Crippen LogP contribution in [-0.4, -0.2) is 37.1 Å². The van der Waals surface area contributed by atoms with Gasteiger partial charge in [-0.05, 0) is 41.5 Å². The van der Waals surface area contributed by atoms with Crippen molar-refractivity contribution in [3.8, 4) is 0 Å². The molecule has 0 saturated carbocycles. The van der Waals surface area contributed by atoms with Gasteiger partial charge < -0.3 is 10.1 Å². The molecule has 0 aromatic heterocycles. The lowest BCUT2D eigenvalue weighted by Crippen LogP contribution is -2.35.